The quantitative estimate of drug-likeness (QED) is 0.443. The molecule has 0 aromatic heterocycles. The normalized spacial score (nSPS) is 17.8. The van der Waals surface area contributed by atoms with Crippen LogP contribution in [-0.2, 0) is 19.1 Å². The van der Waals surface area contributed by atoms with Gasteiger partial charge in [0.25, 0.3) is 0 Å². The van der Waals surface area contributed by atoms with E-state index in [4.69, 9.17) is 15.6 Å². The molecule has 0 atom stereocenters. The summed E-state index contributed by atoms with van der Waals surface area (Å²) >= 11 is 0. The molecular formula is C10H17N3O5. The third-order valence-electron chi connectivity index (χ3n) is 2.68. The summed E-state index contributed by atoms with van der Waals surface area (Å²) in [4.78, 5) is 33.2. The van der Waals surface area contributed by atoms with E-state index in [0.717, 1.165) is 0 Å². The van der Waals surface area contributed by atoms with E-state index < -0.39 is 29.9 Å². The molecule has 1 saturated heterocycles. The van der Waals surface area contributed by atoms with Gasteiger partial charge in [0.15, 0.2) is 0 Å². The highest BCUT2D eigenvalue weighted by molar-refractivity contribution is 5.90. The standard InChI is InChI=1S/C10H17N3O5/c11-10(1-3-18-4-2-10)9(17)13-5-7(14)12-6-8(15)16/h1-6,11H2,(H,12,14)(H,13,17)(H,15,16). The van der Waals surface area contributed by atoms with Crippen molar-refractivity contribution in [1.82, 2.24) is 10.6 Å². The van der Waals surface area contributed by atoms with E-state index in [1.165, 1.54) is 0 Å². The smallest absolute Gasteiger partial charge is 0.322 e. The van der Waals surface area contributed by atoms with Gasteiger partial charge < -0.3 is 26.2 Å². The fourth-order valence-corrected chi connectivity index (χ4v) is 1.54. The third kappa shape index (κ3) is 4.30. The summed E-state index contributed by atoms with van der Waals surface area (Å²) in [5, 5.41) is 12.9. The van der Waals surface area contributed by atoms with Crippen LogP contribution in [0.2, 0.25) is 0 Å². The molecule has 0 bridgehead atoms. The van der Waals surface area contributed by atoms with Crippen molar-refractivity contribution in [2.24, 2.45) is 5.73 Å². The lowest BCUT2D eigenvalue weighted by molar-refractivity contribution is -0.138. The molecular weight excluding hydrogens is 242 g/mol. The summed E-state index contributed by atoms with van der Waals surface area (Å²) in [6.07, 6.45) is 0.797. The first kappa shape index (κ1) is 14.4. The maximum Gasteiger partial charge on any atom is 0.322 e. The first-order valence-electron chi connectivity index (χ1n) is 5.57. The summed E-state index contributed by atoms with van der Waals surface area (Å²) in [7, 11) is 0. The molecule has 0 unspecified atom stereocenters. The van der Waals surface area contributed by atoms with Crippen molar-refractivity contribution in [2.45, 2.75) is 18.4 Å². The zero-order valence-electron chi connectivity index (χ0n) is 9.90. The second kappa shape index (κ2) is 6.31. The van der Waals surface area contributed by atoms with Gasteiger partial charge >= 0.3 is 5.97 Å². The highest BCUT2D eigenvalue weighted by Crippen LogP contribution is 2.17. The Labute approximate surface area is 104 Å². The lowest BCUT2D eigenvalue weighted by Crippen LogP contribution is -2.58. The number of ether oxygens (including phenoxy) is 1. The van der Waals surface area contributed by atoms with E-state index in [2.05, 4.69) is 10.6 Å². The minimum atomic E-state index is -1.14. The molecule has 102 valence electrons. The number of carbonyl (C=O) groups excluding carboxylic acids is 2. The van der Waals surface area contributed by atoms with Gasteiger partial charge in [0.05, 0.1) is 12.1 Å². The predicted molar refractivity (Wildman–Crippen MR) is 60.6 cm³/mol. The van der Waals surface area contributed by atoms with Crippen LogP contribution >= 0.6 is 0 Å². The van der Waals surface area contributed by atoms with E-state index in [-0.39, 0.29) is 6.54 Å². The largest absolute Gasteiger partial charge is 0.480 e. The van der Waals surface area contributed by atoms with Gasteiger partial charge in [-0.1, -0.05) is 0 Å². The van der Waals surface area contributed by atoms with E-state index in [0.29, 0.717) is 26.1 Å². The van der Waals surface area contributed by atoms with Crippen LogP contribution in [0.25, 0.3) is 0 Å². The molecule has 8 nitrogen and oxygen atoms in total. The van der Waals surface area contributed by atoms with Gasteiger partial charge in [0, 0.05) is 13.2 Å². The van der Waals surface area contributed by atoms with Crippen molar-refractivity contribution in [1.29, 1.82) is 0 Å². The average Bonchev–Trinajstić information content (AvgIpc) is 2.34. The topological polar surface area (TPSA) is 131 Å². The van der Waals surface area contributed by atoms with Crippen LogP contribution in [0.15, 0.2) is 0 Å². The van der Waals surface area contributed by atoms with Crippen molar-refractivity contribution in [2.75, 3.05) is 26.3 Å². The van der Waals surface area contributed by atoms with Crippen molar-refractivity contribution >= 4 is 17.8 Å². The molecule has 0 radical (unpaired) electrons. The van der Waals surface area contributed by atoms with E-state index in [1.807, 2.05) is 0 Å². The second-order valence-electron chi connectivity index (χ2n) is 4.12. The zero-order chi connectivity index (χ0) is 13.6. The number of nitrogens with two attached hydrogens (primary N) is 1. The molecule has 0 aromatic carbocycles. The highest BCUT2D eigenvalue weighted by atomic mass is 16.5. The molecule has 5 N–H and O–H groups in total. The van der Waals surface area contributed by atoms with Gasteiger partial charge in [0.2, 0.25) is 11.8 Å². The minimum absolute atomic E-state index is 0.286. The molecule has 1 fully saturated rings. The second-order valence-corrected chi connectivity index (χ2v) is 4.12. The van der Waals surface area contributed by atoms with Crippen molar-refractivity contribution in [3.8, 4) is 0 Å². The van der Waals surface area contributed by atoms with E-state index >= 15 is 0 Å². The van der Waals surface area contributed by atoms with Crippen LogP contribution in [0.3, 0.4) is 0 Å². The van der Waals surface area contributed by atoms with Crippen molar-refractivity contribution < 1.29 is 24.2 Å². The summed E-state index contributed by atoms with van der Waals surface area (Å²) in [6, 6.07) is 0. The monoisotopic (exact) mass is 259 g/mol. The predicted octanol–water partition coefficient (Wildman–Crippen LogP) is -2.19. The van der Waals surface area contributed by atoms with E-state index in [9.17, 15) is 14.4 Å². The van der Waals surface area contributed by atoms with E-state index in [1.54, 1.807) is 0 Å². The lowest BCUT2D eigenvalue weighted by Gasteiger charge is -2.31. The highest BCUT2D eigenvalue weighted by Gasteiger charge is 2.35. The third-order valence-corrected chi connectivity index (χ3v) is 2.68. The summed E-state index contributed by atoms with van der Waals surface area (Å²) < 4.78 is 5.10. The Hall–Kier alpha value is -1.67. The molecule has 1 heterocycles. The Balaban J connectivity index is 2.31. The molecule has 0 saturated carbocycles. The summed E-state index contributed by atoms with van der Waals surface area (Å²) in [5.74, 6) is -2.13. The molecule has 0 aliphatic carbocycles. The number of carbonyl (C=O) groups is 3. The Morgan fingerprint density at radius 2 is 1.78 bits per heavy atom. The Morgan fingerprint density at radius 3 is 2.33 bits per heavy atom. The van der Waals surface area contributed by atoms with Gasteiger partial charge in [-0.3, -0.25) is 14.4 Å². The first-order valence-corrected chi connectivity index (χ1v) is 5.57. The Morgan fingerprint density at radius 1 is 1.17 bits per heavy atom. The van der Waals surface area contributed by atoms with Crippen LogP contribution in [-0.4, -0.2) is 54.7 Å². The molecule has 2 amide bonds. The number of nitrogens with one attached hydrogen (secondary N) is 2. The molecule has 18 heavy (non-hydrogen) atoms. The molecule has 0 aromatic rings. The maximum absolute atomic E-state index is 11.8. The number of hydrogen-bond donors (Lipinski definition) is 4. The van der Waals surface area contributed by atoms with Crippen LogP contribution in [0.4, 0.5) is 0 Å². The summed E-state index contributed by atoms with van der Waals surface area (Å²) in [5.41, 5.74) is 4.88. The molecule has 1 rings (SSSR count). The lowest BCUT2D eigenvalue weighted by atomic mass is 9.90. The van der Waals surface area contributed by atoms with Crippen LogP contribution in [0, 0.1) is 0 Å². The maximum atomic E-state index is 11.8. The number of carboxylic acids is 1. The van der Waals surface area contributed by atoms with Crippen LogP contribution in [0.1, 0.15) is 12.8 Å². The van der Waals surface area contributed by atoms with Gasteiger partial charge in [-0.05, 0) is 12.8 Å². The zero-order valence-corrected chi connectivity index (χ0v) is 9.90. The average molecular weight is 259 g/mol. The summed E-state index contributed by atoms with van der Waals surface area (Å²) in [6.45, 7) is 0.0620. The van der Waals surface area contributed by atoms with Gasteiger partial charge in [-0.2, -0.15) is 0 Å². The minimum Gasteiger partial charge on any atom is -0.480 e. The Bertz CT molecular complexity index is 338. The number of hydrogen-bond acceptors (Lipinski definition) is 5. The fraction of sp³-hybridized carbons (Fsp3) is 0.700. The van der Waals surface area contributed by atoms with Gasteiger partial charge in [-0.25, -0.2) is 0 Å². The van der Waals surface area contributed by atoms with Gasteiger partial charge in [-0.15, -0.1) is 0 Å². The van der Waals surface area contributed by atoms with Crippen molar-refractivity contribution in [3.05, 3.63) is 0 Å². The number of aliphatic carboxylic acids is 1. The van der Waals surface area contributed by atoms with Crippen molar-refractivity contribution in [3.63, 3.8) is 0 Å². The molecule has 1 aliphatic rings. The number of carboxylic acid groups (broad SMARTS) is 1. The van der Waals surface area contributed by atoms with Crippen LogP contribution < -0.4 is 16.4 Å². The number of rotatable bonds is 5. The molecule has 8 heteroatoms. The fourth-order valence-electron chi connectivity index (χ4n) is 1.54. The molecule has 0 spiro atoms. The SMILES string of the molecule is NC1(C(=O)NCC(=O)NCC(=O)O)CCOCC1. The Kier molecular flexibility index (Phi) is 5.05. The van der Waals surface area contributed by atoms with Crippen LogP contribution in [0.5, 0.6) is 0 Å². The number of amides is 2. The molecule has 1 aliphatic heterocycles. The van der Waals surface area contributed by atoms with Gasteiger partial charge in [0.1, 0.15) is 6.54 Å². The first-order chi connectivity index (χ1) is 8.44.